The number of hydrogen-bond acceptors (Lipinski definition) is 1. The van der Waals surface area contributed by atoms with Crippen LogP contribution in [0.15, 0.2) is 0 Å². The third-order valence-corrected chi connectivity index (χ3v) is 3.24. The number of nitrogens with zero attached hydrogens (tertiary/aromatic N) is 1. The highest BCUT2D eigenvalue weighted by Crippen LogP contribution is 2.11. The fourth-order valence-corrected chi connectivity index (χ4v) is 1.72. The first-order chi connectivity index (χ1) is 6.15. The molecule has 0 N–H and O–H groups in total. The maximum Gasteiger partial charge on any atom is 0.00869 e. The van der Waals surface area contributed by atoms with E-state index in [0.29, 0.717) is 0 Å². The monoisotopic (exact) mass is 185 g/mol. The van der Waals surface area contributed by atoms with Crippen molar-refractivity contribution < 1.29 is 0 Å². The van der Waals surface area contributed by atoms with Gasteiger partial charge in [-0.25, -0.2) is 0 Å². The molecule has 1 unspecified atom stereocenters. The van der Waals surface area contributed by atoms with E-state index in [2.05, 4.69) is 39.6 Å². The second-order valence-corrected chi connectivity index (χ2v) is 4.25. The molecule has 80 valence electrons. The molecule has 0 aromatic rings. The minimum Gasteiger partial charge on any atom is -0.303 e. The molecule has 1 heteroatoms. The normalized spacial score (nSPS) is 14.1. The fourth-order valence-electron chi connectivity index (χ4n) is 1.72. The maximum atomic E-state index is 2.52. The van der Waals surface area contributed by atoms with Crippen LogP contribution in [-0.2, 0) is 0 Å². The van der Waals surface area contributed by atoms with E-state index in [1.54, 1.807) is 0 Å². The fraction of sp³-hybridized carbons (Fsp3) is 1.00. The van der Waals surface area contributed by atoms with E-state index in [-0.39, 0.29) is 0 Å². The molecule has 0 aliphatic rings. The van der Waals surface area contributed by atoms with Gasteiger partial charge < -0.3 is 4.90 Å². The molecule has 0 heterocycles. The predicted molar refractivity (Wildman–Crippen MR) is 61.1 cm³/mol. The van der Waals surface area contributed by atoms with Crippen molar-refractivity contribution >= 4 is 0 Å². The van der Waals surface area contributed by atoms with Gasteiger partial charge in [0, 0.05) is 6.04 Å². The summed E-state index contributed by atoms with van der Waals surface area (Å²) in [7, 11) is 2.26. The Labute approximate surface area is 84.5 Å². The Morgan fingerprint density at radius 2 is 1.54 bits per heavy atom. The van der Waals surface area contributed by atoms with Gasteiger partial charge in [-0.2, -0.15) is 0 Å². The molecule has 0 saturated heterocycles. The Morgan fingerprint density at radius 3 is 1.92 bits per heavy atom. The first-order valence-corrected chi connectivity index (χ1v) is 5.85. The van der Waals surface area contributed by atoms with Gasteiger partial charge in [0.2, 0.25) is 0 Å². The molecule has 0 aromatic heterocycles. The van der Waals surface area contributed by atoms with Gasteiger partial charge in [-0.1, -0.05) is 34.1 Å². The van der Waals surface area contributed by atoms with Crippen LogP contribution in [0.25, 0.3) is 0 Å². The van der Waals surface area contributed by atoms with E-state index < -0.39 is 0 Å². The standard InChI is InChI=1S/C12H27N/c1-6-11(4)9-10-13(5)12(7-2)8-3/h11-12H,6-10H2,1-5H3. The highest BCUT2D eigenvalue weighted by molar-refractivity contribution is 4.65. The van der Waals surface area contributed by atoms with Gasteiger partial charge >= 0.3 is 0 Å². The molecule has 0 aliphatic heterocycles. The zero-order valence-corrected chi connectivity index (χ0v) is 10.1. The number of rotatable bonds is 7. The molecule has 1 nitrogen and oxygen atoms in total. The summed E-state index contributed by atoms with van der Waals surface area (Å²) in [6, 6.07) is 0.795. The average Bonchev–Trinajstić information content (AvgIpc) is 2.16. The Bertz CT molecular complexity index is 108. The van der Waals surface area contributed by atoms with Crippen molar-refractivity contribution in [1.82, 2.24) is 4.90 Å². The van der Waals surface area contributed by atoms with Crippen molar-refractivity contribution in [3.05, 3.63) is 0 Å². The van der Waals surface area contributed by atoms with Crippen molar-refractivity contribution in [1.29, 1.82) is 0 Å². The van der Waals surface area contributed by atoms with E-state index >= 15 is 0 Å². The van der Waals surface area contributed by atoms with Crippen molar-refractivity contribution in [2.24, 2.45) is 5.92 Å². The quantitative estimate of drug-likeness (QED) is 0.586. The summed E-state index contributed by atoms with van der Waals surface area (Å²) < 4.78 is 0. The molecular formula is C12H27N. The van der Waals surface area contributed by atoms with Gasteiger partial charge in [0.25, 0.3) is 0 Å². The van der Waals surface area contributed by atoms with Crippen LogP contribution in [0.5, 0.6) is 0 Å². The Morgan fingerprint density at radius 1 is 1.00 bits per heavy atom. The molecular weight excluding hydrogens is 158 g/mol. The van der Waals surface area contributed by atoms with Crippen molar-refractivity contribution in [2.45, 2.75) is 59.4 Å². The summed E-state index contributed by atoms with van der Waals surface area (Å²) in [5, 5.41) is 0. The second-order valence-electron chi connectivity index (χ2n) is 4.25. The van der Waals surface area contributed by atoms with Gasteiger partial charge in [-0.05, 0) is 38.8 Å². The third kappa shape index (κ3) is 5.30. The molecule has 0 aromatic carbocycles. The summed E-state index contributed by atoms with van der Waals surface area (Å²) in [5.74, 6) is 0.886. The van der Waals surface area contributed by atoms with E-state index in [0.717, 1.165) is 12.0 Å². The van der Waals surface area contributed by atoms with Gasteiger partial charge in [0.15, 0.2) is 0 Å². The Kier molecular flexibility index (Phi) is 7.35. The first kappa shape index (κ1) is 13.0. The summed E-state index contributed by atoms with van der Waals surface area (Å²) in [4.78, 5) is 2.52. The first-order valence-electron chi connectivity index (χ1n) is 5.85. The molecule has 0 spiro atoms. The van der Waals surface area contributed by atoms with E-state index in [9.17, 15) is 0 Å². The van der Waals surface area contributed by atoms with Crippen LogP contribution >= 0.6 is 0 Å². The van der Waals surface area contributed by atoms with Gasteiger partial charge in [0.05, 0.1) is 0 Å². The molecule has 0 aliphatic carbocycles. The maximum absolute atomic E-state index is 2.52. The predicted octanol–water partition coefficient (Wildman–Crippen LogP) is 3.54. The minimum absolute atomic E-state index is 0.795. The largest absolute Gasteiger partial charge is 0.303 e. The zero-order chi connectivity index (χ0) is 10.3. The molecule has 1 atom stereocenters. The van der Waals surface area contributed by atoms with Crippen molar-refractivity contribution in [3.8, 4) is 0 Å². The van der Waals surface area contributed by atoms with Crippen LogP contribution < -0.4 is 0 Å². The summed E-state index contributed by atoms with van der Waals surface area (Å²) in [5.41, 5.74) is 0. The van der Waals surface area contributed by atoms with E-state index in [1.165, 1.54) is 32.2 Å². The zero-order valence-electron chi connectivity index (χ0n) is 10.1. The summed E-state index contributed by atoms with van der Waals surface area (Å²) in [6.45, 7) is 10.5. The number of hydrogen-bond donors (Lipinski definition) is 0. The highest BCUT2D eigenvalue weighted by Gasteiger charge is 2.10. The van der Waals surface area contributed by atoms with E-state index in [4.69, 9.17) is 0 Å². The minimum atomic E-state index is 0.795. The van der Waals surface area contributed by atoms with Gasteiger partial charge in [0.1, 0.15) is 0 Å². The molecule has 0 fully saturated rings. The Hall–Kier alpha value is -0.0400. The molecule has 0 saturated carbocycles. The van der Waals surface area contributed by atoms with Crippen LogP contribution in [0.3, 0.4) is 0 Å². The lowest BCUT2D eigenvalue weighted by Gasteiger charge is -2.26. The third-order valence-electron chi connectivity index (χ3n) is 3.24. The van der Waals surface area contributed by atoms with Crippen molar-refractivity contribution in [2.75, 3.05) is 13.6 Å². The molecule has 0 radical (unpaired) electrons. The molecule has 0 amide bonds. The van der Waals surface area contributed by atoms with Gasteiger partial charge in [-0.3, -0.25) is 0 Å². The second kappa shape index (κ2) is 7.37. The summed E-state index contributed by atoms with van der Waals surface area (Å²) in [6.07, 6.45) is 5.24. The average molecular weight is 185 g/mol. The van der Waals surface area contributed by atoms with Crippen LogP contribution in [0.4, 0.5) is 0 Å². The molecule has 0 bridgehead atoms. The van der Waals surface area contributed by atoms with Crippen LogP contribution in [-0.4, -0.2) is 24.5 Å². The van der Waals surface area contributed by atoms with Crippen LogP contribution in [0, 0.1) is 5.92 Å². The Balaban J connectivity index is 3.65. The van der Waals surface area contributed by atoms with Gasteiger partial charge in [-0.15, -0.1) is 0 Å². The SMILES string of the molecule is CCC(C)CCN(C)C(CC)CC. The molecule has 0 rings (SSSR count). The van der Waals surface area contributed by atoms with Crippen molar-refractivity contribution in [3.63, 3.8) is 0 Å². The lowest BCUT2D eigenvalue weighted by molar-refractivity contribution is 0.215. The lowest BCUT2D eigenvalue weighted by atomic mass is 10.0. The van der Waals surface area contributed by atoms with E-state index in [1.807, 2.05) is 0 Å². The van der Waals surface area contributed by atoms with Crippen LogP contribution in [0.2, 0.25) is 0 Å². The smallest absolute Gasteiger partial charge is 0.00869 e. The van der Waals surface area contributed by atoms with Crippen LogP contribution in [0.1, 0.15) is 53.4 Å². The summed E-state index contributed by atoms with van der Waals surface area (Å²) >= 11 is 0. The topological polar surface area (TPSA) is 3.24 Å². The molecule has 13 heavy (non-hydrogen) atoms. The lowest BCUT2D eigenvalue weighted by Crippen LogP contribution is -2.32. The highest BCUT2D eigenvalue weighted by atomic mass is 15.1.